The van der Waals surface area contributed by atoms with Gasteiger partial charge < -0.3 is 5.32 Å². The number of nitrogens with zero attached hydrogens (tertiary/aromatic N) is 1. The lowest BCUT2D eigenvalue weighted by Crippen LogP contribution is -2.30. The number of aromatic nitrogens is 1. The van der Waals surface area contributed by atoms with E-state index in [4.69, 9.17) is 0 Å². The van der Waals surface area contributed by atoms with E-state index < -0.39 is 5.91 Å². The molecule has 0 bridgehead atoms. The molecular weight excluding hydrogens is 346 g/mol. The van der Waals surface area contributed by atoms with Crippen LogP contribution in [0, 0.1) is 6.92 Å². The van der Waals surface area contributed by atoms with Crippen molar-refractivity contribution in [3.8, 4) is 0 Å². The normalized spacial score (nSPS) is 11.0. The first-order chi connectivity index (χ1) is 12.6. The molecule has 0 atom stereocenters. The molecule has 2 N–H and O–H groups in total. The van der Waals surface area contributed by atoms with Crippen molar-refractivity contribution in [1.29, 1.82) is 0 Å². The van der Waals surface area contributed by atoms with E-state index in [1.165, 1.54) is 11.3 Å². The lowest BCUT2D eigenvalue weighted by Gasteiger charge is -2.10. The molecule has 0 aliphatic rings. The van der Waals surface area contributed by atoms with E-state index in [1.54, 1.807) is 29.8 Å². The van der Waals surface area contributed by atoms with Crippen molar-refractivity contribution in [3.05, 3.63) is 88.6 Å². The molecule has 0 aliphatic heterocycles. The Labute approximate surface area is 155 Å². The van der Waals surface area contributed by atoms with Crippen molar-refractivity contribution < 1.29 is 9.59 Å². The van der Waals surface area contributed by atoms with Crippen molar-refractivity contribution in [1.82, 2.24) is 10.3 Å². The quantitative estimate of drug-likeness (QED) is 0.676. The molecule has 2 amide bonds. The minimum atomic E-state index is -0.427. The first-order valence-corrected chi connectivity index (χ1v) is 8.85. The number of amides is 2. The topological polar surface area (TPSA) is 71.1 Å². The summed E-state index contributed by atoms with van der Waals surface area (Å²) in [5, 5.41) is 7.63. The zero-order valence-electron chi connectivity index (χ0n) is 14.1. The second-order valence-electron chi connectivity index (χ2n) is 5.58. The standard InChI is InChI=1S/C20H17N3O2S/c1-14-7-9-16(10-8-14)18(24)22-17(13-15-5-3-2-4-6-15)19(25)23-20-21-11-12-26-20/h2-13H,1H3,(H,22,24)(H,21,23,25)/b17-13+. The number of carbonyl (C=O) groups is 2. The van der Waals surface area contributed by atoms with Gasteiger partial charge in [0.1, 0.15) is 5.70 Å². The molecule has 0 saturated heterocycles. The summed E-state index contributed by atoms with van der Waals surface area (Å²) in [4.78, 5) is 29.2. The molecule has 3 rings (SSSR count). The van der Waals surface area contributed by atoms with Crippen molar-refractivity contribution in [3.63, 3.8) is 0 Å². The number of benzene rings is 2. The third-order valence-corrected chi connectivity index (χ3v) is 4.26. The van der Waals surface area contributed by atoms with Gasteiger partial charge >= 0.3 is 0 Å². The van der Waals surface area contributed by atoms with Gasteiger partial charge in [-0.15, -0.1) is 11.3 Å². The van der Waals surface area contributed by atoms with Gasteiger partial charge in [-0.2, -0.15) is 0 Å². The van der Waals surface area contributed by atoms with E-state index in [0.29, 0.717) is 10.7 Å². The number of carbonyl (C=O) groups excluding carboxylic acids is 2. The molecule has 130 valence electrons. The Bertz CT molecular complexity index is 917. The minimum absolute atomic E-state index is 0.150. The smallest absolute Gasteiger partial charge is 0.273 e. The predicted molar refractivity (Wildman–Crippen MR) is 104 cm³/mol. The molecule has 0 fully saturated rings. The molecule has 26 heavy (non-hydrogen) atoms. The summed E-state index contributed by atoms with van der Waals surface area (Å²) in [5.41, 5.74) is 2.50. The van der Waals surface area contributed by atoms with Crippen LogP contribution in [0.3, 0.4) is 0 Å². The molecule has 2 aromatic carbocycles. The largest absolute Gasteiger partial charge is 0.317 e. The molecule has 3 aromatic rings. The molecule has 0 spiro atoms. The van der Waals surface area contributed by atoms with E-state index in [1.807, 2.05) is 49.4 Å². The Morgan fingerprint density at radius 2 is 1.77 bits per heavy atom. The zero-order chi connectivity index (χ0) is 18.4. The summed E-state index contributed by atoms with van der Waals surface area (Å²) in [6.07, 6.45) is 3.24. The fourth-order valence-corrected chi connectivity index (χ4v) is 2.75. The van der Waals surface area contributed by atoms with Crippen molar-refractivity contribution in [2.45, 2.75) is 6.92 Å². The number of hydrogen-bond donors (Lipinski definition) is 2. The SMILES string of the molecule is Cc1ccc(C(=O)N/C(=C/c2ccccc2)C(=O)Nc2nccs2)cc1. The molecule has 1 heterocycles. The Hall–Kier alpha value is -3.25. The highest BCUT2D eigenvalue weighted by Crippen LogP contribution is 2.13. The third kappa shape index (κ3) is 4.64. The van der Waals surface area contributed by atoms with Gasteiger partial charge in [-0.1, -0.05) is 48.0 Å². The lowest BCUT2D eigenvalue weighted by molar-refractivity contribution is -0.113. The van der Waals surface area contributed by atoms with Crippen molar-refractivity contribution in [2.75, 3.05) is 5.32 Å². The second kappa shape index (κ2) is 8.22. The Balaban J connectivity index is 1.84. The monoisotopic (exact) mass is 363 g/mol. The van der Waals surface area contributed by atoms with Crippen molar-refractivity contribution >= 4 is 34.4 Å². The number of anilines is 1. The molecular formula is C20H17N3O2S. The highest BCUT2D eigenvalue weighted by atomic mass is 32.1. The fourth-order valence-electron chi connectivity index (χ4n) is 2.22. The summed E-state index contributed by atoms with van der Waals surface area (Å²) in [6.45, 7) is 1.95. The van der Waals surface area contributed by atoms with Crippen LogP contribution >= 0.6 is 11.3 Å². The van der Waals surface area contributed by atoms with E-state index >= 15 is 0 Å². The molecule has 0 unspecified atom stereocenters. The number of hydrogen-bond acceptors (Lipinski definition) is 4. The van der Waals surface area contributed by atoms with Crippen LogP contribution in [-0.4, -0.2) is 16.8 Å². The summed E-state index contributed by atoms with van der Waals surface area (Å²) in [5.74, 6) is -0.772. The van der Waals surface area contributed by atoms with Gasteiger partial charge in [0, 0.05) is 17.1 Å². The molecule has 0 saturated carbocycles. The van der Waals surface area contributed by atoms with Crippen LogP contribution in [0.5, 0.6) is 0 Å². The third-order valence-electron chi connectivity index (χ3n) is 3.57. The van der Waals surface area contributed by atoms with Crippen LogP contribution in [0.25, 0.3) is 6.08 Å². The van der Waals surface area contributed by atoms with E-state index in [0.717, 1.165) is 11.1 Å². The van der Waals surface area contributed by atoms with Gasteiger partial charge in [0.2, 0.25) is 0 Å². The van der Waals surface area contributed by atoms with Gasteiger partial charge in [-0.25, -0.2) is 4.98 Å². The van der Waals surface area contributed by atoms with E-state index in [-0.39, 0.29) is 11.6 Å². The minimum Gasteiger partial charge on any atom is -0.317 e. The van der Waals surface area contributed by atoms with Gasteiger partial charge in [-0.3, -0.25) is 14.9 Å². The number of rotatable bonds is 5. The molecule has 6 heteroatoms. The highest BCUT2D eigenvalue weighted by Gasteiger charge is 2.15. The van der Waals surface area contributed by atoms with Gasteiger partial charge in [0.15, 0.2) is 5.13 Å². The van der Waals surface area contributed by atoms with Gasteiger partial charge in [0.25, 0.3) is 11.8 Å². The highest BCUT2D eigenvalue weighted by molar-refractivity contribution is 7.13. The maximum absolute atomic E-state index is 12.6. The number of nitrogens with one attached hydrogen (secondary N) is 2. The van der Waals surface area contributed by atoms with Gasteiger partial charge in [0.05, 0.1) is 0 Å². The van der Waals surface area contributed by atoms with Crippen LogP contribution in [-0.2, 0) is 4.79 Å². The average molecular weight is 363 g/mol. The Kier molecular flexibility index (Phi) is 5.56. The van der Waals surface area contributed by atoms with E-state index in [9.17, 15) is 9.59 Å². The van der Waals surface area contributed by atoms with Crippen LogP contribution in [0.15, 0.2) is 71.9 Å². The molecule has 0 radical (unpaired) electrons. The van der Waals surface area contributed by atoms with Crippen LogP contribution in [0.4, 0.5) is 5.13 Å². The molecule has 0 aliphatic carbocycles. The summed E-state index contributed by atoms with van der Waals surface area (Å²) >= 11 is 1.31. The number of aryl methyl sites for hydroxylation is 1. The summed E-state index contributed by atoms with van der Waals surface area (Å²) < 4.78 is 0. The fraction of sp³-hybridized carbons (Fsp3) is 0.0500. The first-order valence-electron chi connectivity index (χ1n) is 7.97. The van der Waals surface area contributed by atoms with Crippen LogP contribution in [0.1, 0.15) is 21.5 Å². The summed E-state index contributed by atoms with van der Waals surface area (Å²) in [6, 6.07) is 16.5. The lowest BCUT2D eigenvalue weighted by atomic mass is 10.1. The van der Waals surface area contributed by atoms with Crippen LogP contribution < -0.4 is 10.6 Å². The average Bonchev–Trinajstić information content (AvgIpc) is 3.15. The summed E-state index contributed by atoms with van der Waals surface area (Å²) in [7, 11) is 0. The second-order valence-corrected chi connectivity index (χ2v) is 6.47. The van der Waals surface area contributed by atoms with E-state index in [2.05, 4.69) is 15.6 Å². The zero-order valence-corrected chi connectivity index (χ0v) is 14.9. The Morgan fingerprint density at radius 1 is 1.04 bits per heavy atom. The van der Waals surface area contributed by atoms with Crippen molar-refractivity contribution in [2.24, 2.45) is 0 Å². The maximum atomic E-state index is 12.6. The van der Waals surface area contributed by atoms with Crippen LogP contribution in [0.2, 0.25) is 0 Å². The Morgan fingerprint density at radius 3 is 2.42 bits per heavy atom. The number of thiazole rings is 1. The molecule has 1 aromatic heterocycles. The maximum Gasteiger partial charge on any atom is 0.273 e. The first kappa shape index (κ1) is 17.6. The molecule has 5 nitrogen and oxygen atoms in total. The predicted octanol–water partition coefficient (Wildman–Crippen LogP) is 3.86. The van der Waals surface area contributed by atoms with Gasteiger partial charge in [-0.05, 0) is 30.7 Å².